The van der Waals surface area contributed by atoms with Crippen LogP contribution < -0.4 is 15.5 Å². The van der Waals surface area contributed by atoms with E-state index in [1.807, 2.05) is 6.92 Å². The van der Waals surface area contributed by atoms with Crippen LogP contribution in [0.25, 0.3) is 0 Å². The number of halogens is 3. The van der Waals surface area contributed by atoms with Crippen molar-refractivity contribution in [3.8, 4) is 11.5 Å². The highest BCUT2D eigenvalue weighted by atomic mass is 35.5. The highest BCUT2D eigenvalue weighted by Crippen LogP contribution is 2.24. The molecule has 7 nitrogen and oxygen atoms in total. The molecule has 0 saturated heterocycles. The summed E-state index contributed by atoms with van der Waals surface area (Å²) in [5, 5.41) is 16.9. The number of phenols is 1. The molecular weight excluding hydrogens is 489 g/mol. The Balaban J connectivity index is 1.54. The Bertz CT molecular complexity index is 1210. The number of hydrazone groups is 1. The summed E-state index contributed by atoms with van der Waals surface area (Å²) in [4.78, 5) is 24.2. The summed E-state index contributed by atoms with van der Waals surface area (Å²) < 4.78 is 5.53. The standard InChI is InChI=1S/C23H18Cl3N3O4/c1-13-6-19(33-12-22(31)28-18-9-16(24)8-17(25)10-18)4-2-15(13)11-27-29-23(32)14-3-5-21(30)20(26)7-14/h2-11,30H,12H2,1H3,(H,28,31)(H,29,32)/b27-11-. The summed E-state index contributed by atoms with van der Waals surface area (Å²) in [6, 6.07) is 14.0. The molecule has 0 heterocycles. The average Bonchev–Trinajstić information content (AvgIpc) is 2.74. The first-order chi connectivity index (χ1) is 15.7. The van der Waals surface area contributed by atoms with E-state index in [4.69, 9.17) is 39.5 Å². The number of hydrogen-bond acceptors (Lipinski definition) is 5. The van der Waals surface area contributed by atoms with Gasteiger partial charge in [0.05, 0.1) is 11.2 Å². The monoisotopic (exact) mass is 505 g/mol. The van der Waals surface area contributed by atoms with Crippen molar-refractivity contribution in [3.05, 3.63) is 86.4 Å². The number of ether oxygens (including phenoxy) is 1. The van der Waals surface area contributed by atoms with Crippen LogP contribution in [0.15, 0.2) is 59.7 Å². The maximum atomic E-state index is 12.1. The Morgan fingerprint density at radius 1 is 1.03 bits per heavy atom. The summed E-state index contributed by atoms with van der Waals surface area (Å²) in [5.41, 5.74) is 4.68. The van der Waals surface area contributed by atoms with Crippen molar-refractivity contribution in [2.75, 3.05) is 11.9 Å². The highest BCUT2D eigenvalue weighted by molar-refractivity contribution is 6.35. The van der Waals surface area contributed by atoms with Crippen LogP contribution in [0.3, 0.4) is 0 Å². The molecule has 0 bridgehead atoms. The molecule has 0 aliphatic carbocycles. The van der Waals surface area contributed by atoms with Crippen LogP contribution in [-0.4, -0.2) is 29.7 Å². The van der Waals surface area contributed by atoms with E-state index in [-0.39, 0.29) is 28.8 Å². The Morgan fingerprint density at radius 3 is 2.42 bits per heavy atom. The van der Waals surface area contributed by atoms with E-state index in [0.29, 0.717) is 21.5 Å². The van der Waals surface area contributed by atoms with Crippen molar-refractivity contribution in [3.63, 3.8) is 0 Å². The minimum atomic E-state index is -0.474. The second kappa shape index (κ2) is 11.0. The molecule has 0 radical (unpaired) electrons. The van der Waals surface area contributed by atoms with E-state index in [0.717, 1.165) is 11.1 Å². The van der Waals surface area contributed by atoms with Crippen LogP contribution in [0.4, 0.5) is 5.69 Å². The van der Waals surface area contributed by atoms with Gasteiger partial charge >= 0.3 is 0 Å². The largest absolute Gasteiger partial charge is 0.506 e. The van der Waals surface area contributed by atoms with Gasteiger partial charge in [-0.15, -0.1) is 0 Å². The normalized spacial score (nSPS) is 10.8. The molecule has 0 saturated carbocycles. The summed E-state index contributed by atoms with van der Waals surface area (Å²) in [6.07, 6.45) is 1.48. The molecule has 0 fully saturated rings. The van der Waals surface area contributed by atoms with Crippen molar-refractivity contribution in [2.24, 2.45) is 5.10 Å². The summed E-state index contributed by atoms with van der Waals surface area (Å²) >= 11 is 17.6. The number of hydrogen-bond donors (Lipinski definition) is 3. The number of rotatable bonds is 7. The number of carbonyl (C=O) groups is 2. The fourth-order valence-corrected chi connectivity index (χ4v) is 3.43. The minimum absolute atomic E-state index is 0.0723. The third-order valence-electron chi connectivity index (χ3n) is 4.34. The van der Waals surface area contributed by atoms with E-state index in [2.05, 4.69) is 15.8 Å². The molecule has 0 aliphatic heterocycles. The first-order valence-electron chi connectivity index (χ1n) is 9.52. The molecule has 170 valence electrons. The predicted octanol–water partition coefficient (Wildman–Crippen LogP) is 5.44. The van der Waals surface area contributed by atoms with E-state index in [1.54, 1.807) is 36.4 Å². The van der Waals surface area contributed by atoms with Gasteiger partial charge in [-0.05, 0) is 72.6 Å². The number of benzene rings is 3. The zero-order chi connectivity index (χ0) is 24.0. The number of carbonyl (C=O) groups excluding carboxylic acids is 2. The maximum Gasteiger partial charge on any atom is 0.271 e. The van der Waals surface area contributed by atoms with Gasteiger partial charge in [-0.25, -0.2) is 5.43 Å². The van der Waals surface area contributed by atoms with Gasteiger partial charge in [0.25, 0.3) is 11.8 Å². The van der Waals surface area contributed by atoms with E-state index in [1.165, 1.54) is 24.4 Å². The second-order valence-corrected chi connectivity index (χ2v) is 8.16. The van der Waals surface area contributed by atoms with Gasteiger partial charge in [-0.1, -0.05) is 34.8 Å². The Hall–Kier alpha value is -3.26. The number of nitrogens with one attached hydrogen (secondary N) is 2. The molecule has 3 aromatic carbocycles. The zero-order valence-electron chi connectivity index (χ0n) is 17.2. The fraction of sp³-hybridized carbons (Fsp3) is 0.0870. The molecule has 0 unspecified atom stereocenters. The van der Waals surface area contributed by atoms with Crippen LogP contribution in [0.5, 0.6) is 11.5 Å². The van der Waals surface area contributed by atoms with Gasteiger partial charge in [0, 0.05) is 21.3 Å². The fourth-order valence-electron chi connectivity index (χ4n) is 2.73. The average molecular weight is 507 g/mol. The predicted molar refractivity (Wildman–Crippen MR) is 130 cm³/mol. The molecule has 3 N–H and O–H groups in total. The number of nitrogens with zero attached hydrogens (tertiary/aromatic N) is 1. The molecule has 0 aromatic heterocycles. The van der Waals surface area contributed by atoms with E-state index in [9.17, 15) is 14.7 Å². The van der Waals surface area contributed by atoms with Crippen molar-refractivity contribution >= 4 is 58.5 Å². The molecule has 0 atom stereocenters. The van der Waals surface area contributed by atoms with Gasteiger partial charge in [-0.2, -0.15) is 5.10 Å². The zero-order valence-corrected chi connectivity index (χ0v) is 19.5. The van der Waals surface area contributed by atoms with E-state index < -0.39 is 5.91 Å². The SMILES string of the molecule is Cc1cc(OCC(=O)Nc2cc(Cl)cc(Cl)c2)ccc1/C=N\NC(=O)c1ccc(O)c(Cl)c1. The van der Waals surface area contributed by atoms with Crippen molar-refractivity contribution in [2.45, 2.75) is 6.92 Å². The quantitative estimate of drug-likeness (QED) is 0.293. The lowest BCUT2D eigenvalue weighted by atomic mass is 10.1. The van der Waals surface area contributed by atoms with Gasteiger partial charge in [-0.3, -0.25) is 9.59 Å². The van der Waals surface area contributed by atoms with Crippen molar-refractivity contribution < 1.29 is 19.4 Å². The van der Waals surface area contributed by atoms with Crippen LogP contribution in [0.2, 0.25) is 15.1 Å². The number of aryl methyl sites for hydroxylation is 1. The van der Waals surface area contributed by atoms with Crippen molar-refractivity contribution in [1.82, 2.24) is 5.43 Å². The Labute approximate surface area is 204 Å². The smallest absolute Gasteiger partial charge is 0.271 e. The van der Waals surface area contributed by atoms with Gasteiger partial charge in [0.1, 0.15) is 11.5 Å². The second-order valence-electron chi connectivity index (χ2n) is 6.88. The lowest BCUT2D eigenvalue weighted by Gasteiger charge is -2.10. The van der Waals surface area contributed by atoms with Crippen LogP contribution >= 0.6 is 34.8 Å². The van der Waals surface area contributed by atoms with Crippen LogP contribution in [0, 0.1) is 6.92 Å². The van der Waals surface area contributed by atoms with Crippen LogP contribution in [0.1, 0.15) is 21.5 Å². The molecule has 0 aliphatic rings. The first kappa shape index (κ1) is 24.4. The Kier molecular flexibility index (Phi) is 8.16. The van der Waals surface area contributed by atoms with Crippen LogP contribution in [-0.2, 0) is 4.79 Å². The Morgan fingerprint density at radius 2 is 1.76 bits per heavy atom. The van der Waals surface area contributed by atoms with Gasteiger partial charge < -0.3 is 15.2 Å². The molecule has 0 spiro atoms. The number of aromatic hydroxyl groups is 1. The molecular formula is C23H18Cl3N3O4. The highest BCUT2D eigenvalue weighted by Gasteiger charge is 2.08. The maximum absolute atomic E-state index is 12.1. The molecule has 2 amide bonds. The molecule has 3 aromatic rings. The van der Waals surface area contributed by atoms with Gasteiger partial charge in [0.15, 0.2) is 6.61 Å². The minimum Gasteiger partial charge on any atom is -0.506 e. The number of anilines is 1. The van der Waals surface area contributed by atoms with Crippen molar-refractivity contribution in [1.29, 1.82) is 0 Å². The lowest BCUT2D eigenvalue weighted by molar-refractivity contribution is -0.118. The lowest BCUT2D eigenvalue weighted by Crippen LogP contribution is -2.20. The first-order valence-corrected chi connectivity index (χ1v) is 10.7. The molecule has 33 heavy (non-hydrogen) atoms. The topological polar surface area (TPSA) is 100 Å². The molecule has 3 rings (SSSR count). The number of amides is 2. The number of phenolic OH excluding ortho intramolecular Hbond substituents is 1. The van der Waals surface area contributed by atoms with Gasteiger partial charge in [0.2, 0.25) is 0 Å². The third kappa shape index (κ3) is 7.12. The summed E-state index contributed by atoms with van der Waals surface area (Å²) in [5.74, 6) is -0.459. The third-order valence-corrected chi connectivity index (χ3v) is 5.08. The molecule has 10 heteroatoms. The summed E-state index contributed by atoms with van der Waals surface area (Å²) in [6.45, 7) is 1.63. The van der Waals surface area contributed by atoms with E-state index >= 15 is 0 Å². The summed E-state index contributed by atoms with van der Waals surface area (Å²) in [7, 11) is 0.